The van der Waals surface area contributed by atoms with E-state index in [2.05, 4.69) is 17.2 Å². The van der Waals surface area contributed by atoms with Gasteiger partial charge in [0.15, 0.2) is 0 Å². The fraction of sp³-hybridized carbons (Fsp3) is 0.118. The first kappa shape index (κ1) is 14.7. The Kier molecular flexibility index (Phi) is 4.99. The molecule has 0 aliphatic rings. The van der Waals surface area contributed by atoms with Crippen LogP contribution in [0.4, 0.5) is 11.4 Å². The molecule has 4 nitrogen and oxygen atoms in total. The number of ether oxygens (including phenoxy) is 1. The average Bonchev–Trinajstić information content (AvgIpc) is 2.48. The smallest absolute Gasteiger partial charge is 0.230 e. The van der Waals surface area contributed by atoms with Crippen LogP contribution in [0.2, 0.25) is 0 Å². The Morgan fingerprint density at radius 2 is 1.62 bits per heavy atom. The second-order valence-electron chi connectivity index (χ2n) is 4.55. The lowest BCUT2D eigenvalue weighted by molar-refractivity contribution is -0.115. The van der Waals surface area contributed by atoms with Crippen LogP contribution in [-0.2, 0) is 4.79 Å². The predicted octanol–water partition coefficient (Wildman–Crippen LogP) is 3.65. The molecule has 0 atom stereocenters. The highest BCUT2D eigenvalue weighted by Gasteiger charge is 2.05. The molecule has 0 fully saturated rings. The largest absolute Gasteiger partial charge is 0.497 e. The maximum atomic E-state index is 11.9. The quantitative estimate of drug-likeness (QED) is 0.850. The lowest BCUT2D eigenvalue weighted by atomic mass is 10.2. The Balaban J connectivity index is 1.84. The van der Waals surface area contributed by atoms with Crippen molar-refractivity contribution in [3.8, 4) is 5.75 Å². The molecular weight excluding hydrogens is 264 g/mol. The molecule has 4 heteroatoms. The van der Waals surface area contributed by atoms with Crippen molar-refractivity contribution in [1.82, 2.24) is 0 Å². The Morgan fingerprint density at radius 3 is 2.24 bits per heavy atom. The molecule has 0 saturated heterocycles. The van der Waals surface area contributed by atoms with Crippen LogP contribution >= 0.6 is 0 Å². The molecule has 0 aliphatic heterocycles. The summed E-state index contributed by atoms with van der Waals surface area (Å²) in [7, 11) is 1.62. The maximum Gasteiger partial charge on any atom is 0.230 e. The van der Waals surface area contributed by atoms with Gasteiger partial charge in [-0.2, -0.15) is 0 Å². The van der Waals surface area contributed by atoms with E-state index in [-0.39, 0.29) is 12.3 Å². The molecule has 2 aromatic carbocycles. The van der Waals surface area contributed by atoms with Crippen molar-refractivity contribution in [3.63, 3.8) is 0 Å². The van der Waals surface area contributed by atoms with E-state index in [9.17, 15) is 4.79 Å². The van der Waals surface area contributed by atoms with Gasteiger partial charge in [0, 0.05) is 17.1 Å². The van der Waals surface area contributed by atoms with Gasteiger partial charge in [0.25, 0.3) is 0 Å². The average molecular weight is 282 g/mol. The molecule has 21 heavy (non-hydrogen) atoms. The summed E-state index contributed by atoms with van der Waals surface area (Å²) in [5.41, 5.74) is 2.28. The van der Waals surface area contributed by atoms with Crippen LogP contribution in [0.25, 0.3) is 0 Å². The Bertz CT molecular complexity index is 606. The van der Waals surface area contributed by atoms with E-state index < -0.39 is 0 Å². The molecule has 0 aromatic heterocycles. The fourth-order valence-corrected chi connectivity index (χ4v) is 1.84. The number of amides is 1. The number of nitrogens with one attached hydrogen (secondary N) is 2. The summed E-state index contributed by atoms with van der Waals surface area (Å²) in [5.74, 6) is 0.681. The van der Waals surface area contributed by atoms with Crippen LogP contribution in [-0.4, -0.2) is 13.0 Å². The number of para-hydroxylation sites is 1. The maximum absolute atomic E-state index is 11.9. The van der Waals surface area contributed by atoms with Gasteiger partial charge in [0.05, 0.1) is 13.5 Å². The van der Waals surface area contributed by atoms with Gasteiger partial charge in [-0.15, -0.1) is 0 Å². The first-order valence-electron chi connectivity index (χ1n) is 6.61. The molecule has 0 spiro atoms. The number of methoxy groups -OCH3 is 1. The molecule has 0 radical (unpaired) electrons. The zero-order valence-electron chi connectivity index (χ0n) is 11.9. The van der Waals surface area contributed by atoms with Crippen molar-refractivity contribution in [1.29, 1.82) is 0 Å². The molecule has 1 amide bonds. The highest BCUT2D eigenvalue weighted by atomic mass is 16.5. The van der Waals surface area contributed by atoms with E-state index in [1.54, 1.807) is 7.11 Å². The molecule has 0 saturated carbocycles. The van der Waals surface area contributed by atoms with Crippen LogP contribution in [0.5, 0.6) is 5.75 Å². The number of hydrogen-bond acceptors (Lipinski definition) is 3. The molecule has 2 rings (SSSR count). The Hall–Kier alpha value is -2.75. The first-order chi connectivity index (χ1) is 10.2. The standard InChI is InChI=1S/C17H18N2O2/c1-13(18-15-8-10-16(21-2)11-9-15)12-17(20)19-14-6-4-3-5-7-14/h3-11,18H,1,12H2,2H3,(H,19,20). The third-order valence-corrected chi connectivity index (χ3v) is 2.84. The number of carbonyl (C=O) groups excluding carboxylic acids is 1. The van der Waals surface area contributed by atoms with Gasteiger partial charge in [-0.05, 0) is 36.4 Å². The molecule has 0 heterocycles. The number of hydrogen-bond donors (Lipinski definition) is 2. The van der Waals surface area contributed by atoms with E-state index in [1.165, 1.54) is 0 Å². The van der Waals surface area contributed by atoms with Gasteiger partial charge in [-0.25, -0.2) is 0 Å². The minimum absolute atomic E-state index is 0.104. The van der Waals surface area contributed by atoms with Gasteiger partial charge >= 0.3 is 0 Å². The van der Waals surface area contributed by atoms with Crippen molar-refractivity contribution < 1.29 is 9.53 Å². The van der Waals surface area contributed by atoms with Crippen molar-refractivity contribution in [2.75, 3.05) is 17.7 Å². The molecule has 2 N–H and O–H groups in total. The summed E-state index contributed by atoms with van der Waals surface area (Å²) >= 11 is 0. The number of carbonyl (C=O) groups is 1. The molecule has 0 unspecified atom stereocenters. The van der Waals surface area contributed by atoms with Crippen LogP contribution in [0.3, 0.4) is 0 Å². The van der Waals surface area contributed by atoms with Gasteiger partial charge in [0.1, 0.15) is 5.75 Å². The third-order valence-electron chi connectivity index (χ3n) is 2.84. The second-order valence-corrected chi connectivity index (χ2v) is 4.55. The van der Waals surface area contributed by atoms with Gasteiger partial charge in [0.2, 0.25) is 5.91 Å². The Morgan fingerprint density at radius 1 is 1.00 bits per heavy atom. The van der Waals surface area contributed by atoms with Crippen LogP contribution < -0.4 is 15.4 Å². The highest BCUT2D eigenvalue weighted by Crippen LogP contribution is 2.17. The molecule has 0 bridgehead atoms. The molecule has 0 aliphatic carbocycles. The van der Waals surface area contributed by atoms with E-state index in [0.717, 1.165) is 17.1 Å². The predicted molar refractivity (Wildman–Crippen MR) is 85.4 cm³/mol. The summed E-state index contributed by atoms with van der Waals surface area (Å²) in [4.78, 5) is 11.9. The Labute approximate surface area is 124 Å². The SMILES string of the molecule is C=C(CC(=O)Nc1ccccc1)Nc1ccc(OC)cc1. The number of rotatable bonds is 6. The molecular formula is C17H18N2O2. The van der Waals surface area contributed by atoms with Crippen molar-refractivity contribution in [3.05, 3.63) is 66.9 Å². The highest BCUT2D eigenvalue weighted by molar-refractivity contribution is 5.92. The van der Waals surface area contributed by atoms with Crippen molar-refractivity contribution >= 4 is 17.3 Å². The van der Waals surface area contributed by atoms with Gasteiger partial charge in [-0.3, -0.25) is 4.79 Å². The molecule has 108 valence electrons. The van der Waals surface area contributed by atoms with Crippen LogP contribution in [0, 0.1) is 0 Å². The summed E-state index contributed by atoms with van der Waals surface area (Å²) in [6.45, 7) is 3.87. The van der Waals surface area contributed by atoms with Crippen molar-refractivity contribution in [2.45, 2.75) is 6.42 Å². The normalized spacial score (nSPS) is 9.76. The van der Waals surface area contributed by atoms with Gasteiger partial charge < -0.3 is 15.4 Å². The minimum atomic E-state index is -0.104. The fourth-order valence-electron chi connectivity index (χ4n) is 1.84. The number of anilines is 2. The van der Waals surface area contributed by atoms with E-state index in [1.807, 2.05) is 54.6 Å². The topological polar surface area (TPSA) is 50.4 Å². The minimum Gasteiger partial charge on any atom is -0.497 e. The lowest BCUT2D eigenvalue weighted by Gasteiger charge is -2.10. The summed E-state index contributed by atoms with van der Waals surface area (Å²) in [6, 6.07) is 16.8. The number of benzene rings is 2. The zero-order valence-corrected chi connectivity index (χ0v) is 11.9. The first-order valence-corrected chi connectivity index (χ1v) is 6.61. The van der Waals surface area contributed by atoms with E-state index in [0.29, 0.717) is 5.70 Å². The van der Waals surface area contributed by atoms with Crippen LogP contribution in [0.1, 0.15) is 6.42 Å². The second kappa shape index (κ2) is 7.14. The van der Waals surface area contributed by atoms with E-state index >= 15 is 0 Å². The summed E-state index contributed by atoms with van der Waals surface area (Å²) < 4.78 is 5.09. The monoisotopic (exact) mass is 282 g/mol. The lowest BCUT2D eigenvalue weighted by Crippen LogP contribution is -2.14. The zero-order chi connectivity index (χ0) is 15.1. The van der Waals surface area contributed by atoms with Crippen LogP contribution in [0.15, 0.2) is 66.9 Å². The van der Waals surface area contributed by atoms with Crippen molar-refractivity contribution in [2.24, 2.45) is 0 Å². The molecule has 2 aromatic rings. The summed E-state index contributed by atoms with van der Waals surface area (Å²) in [5, 5.41) is 5.92. The van der Waals surface area contributed by atoms with Gasteiger partial charge in [-0.1, -0.05) is 24.8 Å². The third kappa shape index (κ3) is 4.69. The van der Waals surface area contributed by atoms with E-state index in [4.69, 9.17) is 4.74 Å². The summed E-state index contributed by atoms with van der Waals surface area (Å²) in [6.07, 6.45) is 0.209.